The lowest BCUT2D eigenvalue weighted by Crippen LogP contribution is -2.64. The molecule has 0 radical (unpaired) electrons. The number of hydrogen-bond donors (Lipinski definition) is 3. The third kappa shape index (κ3) is 3.78. The minimum absolute atomic E-state index is 0.129. The summed E-state index contributed by atoms with van der Waals surface area (Å²) < 4.78 is 23.2. The van der Waals surface area contributed by atoms with E-state index in [-0.39, 0.29) is 5.75 Å². The van der Waals surface area contributed by atoms with E-state index in [1.165, 1.54) is 7.11 Å². The second-order valence-corrected chi connectivity index (χ2v) is 6.67. The molecule has 0 spiro atoms. The van der Waals surface area contributed by atoms with Crippen molar-refractivity contribution < 1.29 is 29.2 Å². The third-order valence-electron chi connectivity index (χ3n) is 4.85. The fourth-order valence-electron chi connectivity index (χ4n) is 3.51. The van der Waals surface area contributed by atoms with Crippen molar-refractivity contribution in [3.63, 3.8) is 0 Å². The van der Waals surface area contributed by atoms with E-state index >= 15 is 0 Å². The maximum absolute atomic E-state index is 11.0. The predicted octanol–water partition coefficient (Wildman–Crippen LogP) is 2.02. The van der Waals surface area contributed by atoms with Gasteiger partial charge in [0.2, 0.25) is 0 Å². The summed E-state index contributed by atoms with van der Waals surface area (Å²) in [7, 11) is 1.52. The molecule has 0 aromatic heterocycles. The van der Waals surface area contributed by atoms with Crippen LogP contribution in [0.15, 0.2) is 54.6 Å². The van der Waals surface area contributed by atoms with Crippen molar-refractivity contribution in [3.05, 3.63) is 60.2 Å². The molecular weight excluding hydrogens is 350 g/mol. The summed E-state index contributed by atoms with van der Waals surface area (Å²) in [5, 5.41) is 23.8. The summed E-state index contributed by atoms with van der Waals surface area (Å²) in [6, 6.07) is 15.7. The Balaban J connectivity index is 1.53. The summed E-state index contributed by atoms with van der Waals surface area (Å²) in [5.74, 6) is 0.129. The molecule has 2 aliphatic heterocycles. The maximum Gasteiger partial charge on any atom is 0.184 e. The average Bonchev–Trinajstić information content (AvgIpc) is 2.70. The van der Waals surface area contributed by atoms with Gasteiger partial charge >= 0.3 is 0 Å². The van der Waals surface area contributed by atoms with E-state index in [0.29, 0.717) is 12.3 Å². The molecule has 144 valence electrons. The molecule has 7 heteroatoms. The molecule has 27 heavy (non-hydrogen) atoms. The standard InChI is InChI=1S/C20H23NO6/c1-24-20-16(21-13-8-5-9-14(22)10-13)17(23)18-15(26-20)11-25-19(27-18)12-6-3-2-4-7-12/h2-10,15-23H,11H2,1H3/t15?,16?,17-,18-,19?,20+/m1/s1. The SMILES string of the molecule is CO[C@H]1OC2COC(c3ccccc3)O[C@H]2[C@H](O)C1Nc1cccc(O)c1. The van der Waals surface area contributed by atoms with Crippen molar-refractivity contribution >= 4 is 5.69 Å². The van der Waals surface area contributed by atoms with Crippen LogP contribution in [0.2, 0.25) is 0 Å². The summed E-state index contributed by atoms with van der Waals surface area (Å²) in [5.41, 5.74) is 1.53. The lowest BCUT2D eigenvalue weighted by Gasteiger charge is -2.47. The van der Waals surface area contributed by atoms with E-state index in [0.717, 1.165) is 5.56 Å². The Hall–Kier alpha value is -2.16. The Morgan fingerprint density at radius 1 is 1.07 bits per heavy atom. The van der Waals surface area contributed by atoms with Crippen LogP contribution in [-0.2, 0) is 18.9 Å². The second kappa shape index (κ2) is 7.84. The molecule has 4 rings (SSSR count). The predicted molar refractivity (Wildman–Crippen MR) is 97.2 cm³/mol. The Morgan fingerprint density at radius 3 is 2.63 bits per heavy atom. The Morgan fingerprint density at radius 2 is 1.89 bits per heavy atom. The van der Waals surface area contributed by atoms with Gasteiger partial charge in [-0.15, -0.1) is 0 Å². The average molecular weight is 373 g/mol. The lowest BCUT2D eigenvalue weighted by atomic mass is 9.95. The highest BCUT2D eigenvalue weighted by molar-refractivity contribution is 5.49. The van der Waals surface area contributed by atoms with Gasteiger partial charge in [-0.05, 0) is 12.1 Å². The van der Waals surface area contributed by atoms with Gasteiger partial charge in [0, 0.05) is 24.4 Å². The number of phenolic OH excluding ortho intramolecular Hbond substituents is 1. The first-order chi connectivity index (χ1) is 13.2. The first-order valence-electron chi connectivity index (χ1n) is 8.89. The Kier molecular flexibility index (Phi) is 5.29. The van der Waals surface area contributed by atoms with E-state index in [4.69, 9.17) is 18.9 Å². The summed E-state index contributed by atoms with van der Waals surface area (Å²) >= 11 is 0. The fourth-order valence-corrected chi connectivity index (χ4v) is 3.51. The largest absolute Gasteiger partial charge is 0.508 e. The monoisotopic (exact) mass is 373 g/mol. The highest BCUT2D eigenvalue weighted by Crippen LogP contribution is 2.35. The van der Waals surface area contributed by atoms with Gasteiger partial charge < -0.3 is 34.5 Å². The topological polar surface area (TPSA) is 89.4 Å². The van der Waals surface area contributed by atoms with Gasteiger partial charge in [-0.25, -0.2) is 0 Å². The number of fused-ring (bicyclic) bond motifs is 1. The van der Waals surface area contributed by atoms with Crippen LogP contribution in [0.25, 0.3) is 0 Å². The molecule has 7 nitrogen and oxygen atoms in total. The van der Waals surface area contributed by atoms with Crippen LogP contribution in [0.1, 0.15) is 11.9 Å². The van der Waals surface area contributed by atoms with Gasteiger partial charge in [0.05, 0.1) is 6.61 Å². The van der Waals surface area contributed by atoms with E-state index in [9.17, 15) is 10.2 Å². The maximum atomic E-state index is 11.0. The molecule has 2 aromatic rings. The molecular formula is C20H23NO6. The lowest BCUT2D eigenvalue weighted by molar-refractivity contribution is -0.337. The third-order valence-corrected chi connectivity index (χ3v) is 4.85. The molecule has 2 aliphatic rings. The molecule has 3 N–H and O–H groups in total. The van der Waals surface area contributed by atoms with Crippen molar-refractivity contribution in [2.24, 2.45) is 0 Å². The van der Waals surface area contributed by atoms with Crippen LogP contribution in [0.3, 0.4) is 0 Å². The van der Waals surface area contributed by atoms with Crippen LogP contribution < -0.4 is 5.32 Å². The Bertz CT molecular complexity index is 757. The van der Waals surface area contributed by atoms with Gasteiger partial charge in [-0.3, -0.25) is 0 Å². The number of nitrogens with one attached hydrogen (secondary N) is 1. The molecule has 0 amide bonds. The number of hydrogen-bond acceptors (Lipinski definition) is 7. The highest BCUT2D eigenvalue weighted by atomic mass is 16.7. The number of rotatable bonds is 4. The number of aromatic hydroxyl groups is 1. The zero-order valence-electron chi connectivity index (χ0n) is 14.9. The van der Waals surface area contributed by atoms with E-state index in [2.05, 4.69) is 5.32 Å². The van der Waals surface area contributed by atoms with Crippen LogP contribution in [0, 0.1) is 0 Å². The highest BCUT2D eigenvalue weighted by Gasteiger charge is 2.49. The molecule has 0 aliphatic carbocycles. The van der Waals surface area contributed by atoms with Gasteiger partial charge in [-0.2, -0.15) is 0 Å². The number of phenols is 1. The van der Waals surface area contributed by atoms with Crippen LogP contribution in [0.4, 0.5) is 5.69 Å². The van der Waals surface area contributed by atoms with Crippen molar-refractivity contribution in [1.29, 1.82) is 0 Å². The number of aliphatic hydroxyl groups is 1. The molecule has 0 saturated carbocycles. The van der Waals surface area contributed by atoms with Crippen LogP contribution in [0.5, 0.6) is 5.75 Å². The van der Waals surface area contributed by atoms with E-state index < -0.39 is 36.9 Å². The van der Waals surface area contributed by atoms with Crippen molar-refractivity contribution in [1.82, 2.24) is 0 Å². The van der Waals surface area contributed by atoms with Gasteiger partial charge in [0.15, 0.2) is 12.6 Å². The molecule has 2 aromatic carbocycles. The fraction of sp³-hybridized carbons (Fsp3) is 0.400. The van der Waals surface area contributed by atoms with Crippen LogP contribution >= 0.6 is 0 Å². The number of anilines is 1. The minimum atomic E-state index is -0.897. The number of ether oxygens (including phenoxy) is 4. The number of methoxy groups -OCH3 is 1. The first-order valence-corrected chi connectivity index (χ1v) is 8.89. The molecule has 0 bridgehead atoms. The Labute approximate surface area is 157 Å². The molecule has 2 saturated heterocycles. The normalized spacial score (nSPS) is 33.3. The first kappa shape index (κ1) is 18.2. The van der Waals surface area contributed by atoms with Gasteiger partial charge in [-0.1, -0.05) is 36.4 Å². The summed E-state index contributed by atoms with van der Waals surface area (Å²) in [6.45, 7) is 0.292. The van der Waals surface area contributed by atoms with E-state index in [1.54, 1.807) is 24.3 Å². The molecule has 6 atom stereocenters. The van der Waals surface area contributed by atoms with Gasteiger partial charge in [0.25, 0.3) is 0 Å². The van der Waals surface area contributed by atoms with Crippen LogP contribution in [-0.4, -0.2) is 54.6 Å². The smallest absolute Gasteiger partial charge is 0.184 e. The second-order valence-electron chi connectivity index (χ2n) is 6.67. The zero-order valence-corrected chi connectivity index (χ0v) is 14.9. The summed E-state index contributed by atoms with van der Waals surface area (Å²) in [4.78, 5) is 0. The van der Waals surface area contributed by atoms with Crippen molar-refractivity contribution in [3.8, 4) is 5.75 Å². The van der Waals surface area contributed by atoms with Crippen molar-refractivity contribution in [2.45, 2.75) is 36.9 Å². The molecule has 2 heterocycles. The number of aliphatic hydroxyl groups excluding tert-OH is 1. The minimum Gasteiger partial charge on any atom is -0.508 e. The zero-order chi connectivity index (χ0) is 18.8. The van der Waals surface area contributed by atoms with Crippen molar-refractivity contribution in [2.75, 3.05) is 19.0 Å². The van der Waals surface area contributed by atoms with Gasteiger partial charge in [0.1, 0.15) is 30.1 Å². The summed E-state index contributed by atoms with van der Waals surface area (Å²) in [6.07, 6.45) is -3.17. The molecule has 3 unspecified atom stereocenters. The van der Waals surface area contributed by atoms with E-state index in [1.807, 2.05) is 30.3 Å². The number of benzene rings is 2. The molecule has 2 fully saturated rings. The quantitative estimate of drug-likeness (QED) is 0.755.